The summed E-state index contributed by atoms with van der Waals surface area (Å²) in [5.41, 5.74) is 1.09. The third-order valence-electron chi connectivity index (χ3n) is 6.51. The average Bonchev–Trinajstić information content (AvgIpc) is 3.03. The number of cyclic esters (lactones) is 1. The van der Waals surface area contributed by atoms with Crippen molar-refractivity contribution in [3.05, 3.63) is 87.2 Å². The van der Waals surface area contributed by atoms with Gasteiger partial charge in [0.05, 0.1) is 16.4 Å². The number of ether oxygens (including phenoxy) is 2. The number of hydrogen-bond acceptors (Lipinski definition) is 5. The zero-order valence-electron chi connectivity index (χ0n) is 18.8. The van der Waals surface area contributed by atoms with Crippen molar-refractivity contribution in [2.24, 2.45) is 0 Å². The first-order valence-corrected chi connectivity index (χ1v) is 11.2. The Morgan fingerprint density at radius 2 is 1.81 bits per heavy atom. The molecule has 0 aromatic heterocycles. The van der Waals surface area contributed by atoms with E-state index < -0.39 is 22.0 Å². The fraction of sp³-hybridized carbons (Fsp3) is 0.423. The van der Waals surface area contributed by atoms with Gasteiger partial charge in [0, 0.05) is 18.6 Å². The zero-order chi connectivity index (χ0) is 22.9. The summed E-state index contributed by atoms with van der Waals surface area (Å²) in [7, 11) is 0. The highest BCUT2D eigenvalue weighted by Crippen LogP contribution is 2.52. The van der Waals surface area contributed by atoms with E-state index in [-0.39, 0.29) is 11.7 Å². The van der Waals surface area contributed by atoms with E-state index in [1.54, 1.807) is 6.07 Å². The number of rotatable bonds is 7. The molecule has 0 radical (unpaired) electrons. The van der Waals surface area contributed by atoms with Crippen LogP contribution in [0, 0.1) is 10.1 Å². The van der Waals surface area contributed by atoms with Crippen molar-refractivity contribution < 1.29 is 19.2 Å². The van der Waals surface area contributed by atoms with Crippen LogP contribution in [0.3, 0.4) is 0 Å². The number of nitro groups is 1. The smallest absolute Gasteiger partial charge is 0.338 e. The molecule has 0 fully saturated rings. The van der Waals surface area contributed by atoms with E-state index in [4.69, 9.17) is 9.47 Å². The van der Waals surface area contributed by atoms with E-state index in [1.807, 2.05) is 38.1 Å². The van der Waals surface area contributed by atoms with Gasteiger partial charge in [-0.15, -0.1) is 0 Å². The normalized spacial score (nSPS) is 24.0. The van der Waals surface area contributed by atoms with Crippen LogP contribution in [0.15, 0.2) is 65.9 Å². The second kappa shape index (κ2) is 8.41. The molecule has 0 N–H and O–H groups in total. The summed E-state index contributed by atoms with van der Waals surface area (Å²) in [5, 5.41) is 11.3. The molecule has 0 bridgehead atoms. The zero-order valence-corrected chi connectivity index (χ0v) is 18.8. The van der Waals surface area contributed by atoms with E-state index in [0.29, 0.717) is 23.3 Å². The van der Waals surface area contributed by atoms with Crippen molar-refractivity contribution in [2.45, 2.75) is 70.0 Å². The molecule has 0 saturated heterocycles. The molecule has 0 saturated carbocycles. The molecule has 2 atom stereocenters. The van der Waals surface area contributed by atoms with E-state index >= 15 is 0 Å². The van der Waals surface area contributed by atoms with E-state index in [9.17, 15) is 14.9 Å². The lowest BCUT2D eigenvalue weighted by atomic mass is 9.77. The van der Waals surface area contributed by atoms with Crippen molar-refractivity contribution in [2.75, 3.05) is 0 Å². The largest absolute Gasteiger partial charge is 0.490 e. The summed E-state index contributed by atoms with van der Waals surface area (Å²) >= 11 is 0. The first-order chi connectivity index (χ1) is 15.2. The Labute approximate surface area is 188 Å². The molecule has 6 nitrogen and oxygen atoms in total. The minimum atomic E-state index is -0.708. The van der Waals surface area contributed by atoms with Gasteiger partial charge in [-0.25, -0.2) is 4.79 Å². The number of esters is 1. The molecule has 6 heteroatoms. The maximum atomic E-state index is 13.4. The molecule has 0 spiro atoms. The monoisotopic (exact) mass is 435 g/mol. The van der Waals surface area contributed by atoms with Crippen molar-refractivity contribution in [1.29, 1.82) is 0 Å². The van der Waals surface area contributed by atoms with Gasteiger partial charge >= 0.3 is 5.97 Å². The Bertz CT molecular complexity index is 1060. The van der Waals surface area contributed by atoms with Gasteiger partial charge in [0.15, 0.2) is 0 Å². The van der Waals surface area contributed by atoms with Gasteiger partial charge in [0.1, 0.15) is 17.0 Å². The van der Waals surface area contributed by atoms with Crippen LogP contribution in [0.2, 0.25) is 0 Å². The molecule has 4 rings (SSSR count). The quantitative estimate of drug-likeness (QED) is 0.309. The molecular weight excluding hydrogens is 406 g/mol. The topological polar surface area (TPSA) is 78.7 Å². The van der Waals surface area contributed by atoms with Gasteiger partial charge in [-0.05, 0) is 44.2 Å². The van der Waals surface area contributed by atoms with E-state index in [1.165, 1.54) is 17.7 Å². The van der Waals surface area contributed by atoms with Gasteiger partial charge < -0.3 is 9.47 Å². The second-order valence-corrected chi connectivity index (χ2v) is 9.31. The lowest BCUT2D eigenvalue weighted by Gasteiger charge is -2.37. The minimum absolute atomic E-state index is 0.000261. The van der Waals surface area contributed by atoms with Crippen LogP contribution in [0.25, 0.3) is 0 Å². The highest BCUT2D eigenvalue weighted by molar-refractivity contribution is 5.93. The third kappa shape index (κ3) is 4.14. The molecule has 2 aliphatic rings. The molecule has 0 aliphatic carbocycles. The summed E-state index contributed by atoms with van der Waals surface area (Å²) in [6, 6.07) is 16.6. The summed E-state index contributed by atoms with van der Waals surface area (Å²) < 4.78 is 12.5. The van der Waals surface area contributed by atoms with Crippen LogP contribution in [0.4, 0.5) is 5.69 Å². The molecule has 2 unspecified atom stereocenters. The second-order valence-electron chi connectivity index (χ2n) is 9.31. The maximum Gasteiger partial charge on any atom is 0.338 e. The minimum Gasteiger partial charge on any atom is -0.490 e. The van der Waals surface area contributed by atoms with E-state index in [0.717, 1.165) is 25.7 Å². The third-order valence-corrected chi connectivity index (χ3v) is 6.51. The number of hydrogen-bond donors (Lipinski definition) is 0. The number of non-ortho nitro benzene ring substituents is 1. The van der Waals surface area contributed by atoms with Crippen molar-refractivity contribution in [3.8, 4) is 0 Å². The predicted molar refractivity (Wildman–Crippen MR) is 121 cm³/mol. The molecule has 2 aromatic carbocycles. The molecule has 2 aromatic rings. The predicted octanol–water partition coefficient (Wildman–Crippen LogP) is 5.86. The SMILES string of the molecule is CCCC1(CCc2ccccc2)CC2=C(C(=O)O1)C(c1cccc([N+](=O)[O-])c1)C(C)(C)O2. The molecule has 168 valence electrons. The number of benzene rings is 2. The van der Waals surface area contributed by atoms with Crippen LogP contribution in [0.1, 0.15) is 63.5 Å². The fourth-order valence-electron chi connectivity index (χ4n) is 5.15. The van der Waals surface area contributed by atoms with Crippen molar-refractivity contribution in [1.82, 2.24) is 0 Å². The maximum absolute atomic E-state index is 13.4. The fourth-order valence-corrected chi connectivity index (χ4v) is 5.15. The Balaban J connectivity index is 1.67. The molecule has 2 aliphatic heterocycles. The molecule has 32 heavy (non-hydrogen) atoms. The van der Waals surface area contributed by atoms with Crippen LogP contribution in [0.5, 0.6) is 0 Å². The van der Waals surface area contributed by atoms with Crippen LogP contribution in [-0.4, -0.2) is 22.1 Å². The van der Waals surface area contributed by atoms with Gasteiger partial charge in [-0.3, -0.25) is 10.1 Å². The van der Waals surface area contributed by atoms with Gasteiger partial charge in [0.2, 0.25) is 0 Å². The molecular formula is C26H29NO5. The Morgan fingerprint density at radius 1 is 1.06 bits per heavy atom. The standard InChI is InChI=1S/C26H29NO5/c1-4-14-26(15-13-18-9-6-5-7-10-18)17-21-22(24(28)32-26)23(25(2,3)31-21)19-11-8-12-20(16-19)27(29)30/h5-12,16,23H,4,13-15,17H2,1-3H3. The number of nitrogens with zero attached hydrogens (tertiary/aromatic N) is 1. The Hall–Kier alpha value is -3.15. The first-order valence-electron chi connectivity index (χ1n) is 11.2. The Kier molecular flexibility index (Phi) is 5.80. The van der Waals surface area contributed by atoms with Gasteiger partial charge in [-0.2, -0.15) is 0 Å². The highest BCUT2D eigenvalue weighted by Gasteiger charge is 2.53. The van der Waals surface area contributed by atoms with Crippen LogP contribution >= 0.6 is 0 Å². The molecule has 0 amide bonds. The number of nitro benzene ring substituents is 1. The Morgan fingerprint density at radius 3 is 2.50 bits per heavy atom. The lowest BCUT2D eigenvalue weighted by molar-refractivity contribution is -0.384. The van der Waals surface area contributed by atoms with Crippen molar-refractivity contribution in [3.63, 3.8) is 0 Å². The van der Waals surface area contributed by atoms with Gasteiger partial charge in [0.25, 0.3) is 5.69 Å². The number of carbonyl (C=O) groups excluding carboxylic acids is 1. The number of aryl methyl sites for hydroxylation is 1. The van der Waals surface area contributed by atoms with Crippen molar-refractivity contribution >= 4 is 11.7 Å². The lowest BCUT2D eigenvalue weighted by Crippen LogP contribution is -2.40. The summed E-state index contributed by atoms with van der Waals surface area (Å²) in [6.45, 7) is 5.94. The van der Waals surface area contributed by atoms with Crippen LogP contribution in [-0.2, 0) is 20.7 Å². The highest BCUT2D eigenvalue weighted by atomic mass is 16.6. The summed E-state index contributed by atoms with van der Waals surface area (Å²) in [4.78, 5) is 24.2. The summed E-state index contributed by atoms with van der Waals surface area (Å²) in [5.74, 6) is -0.113. The number of carbonyl (C=O) groups is 1. The average molecular weight is 436 g/mol. The summed E-state index contributed by atoms with van der Waals surface area (Å²) in [6.07, 6.45) is 3.71. The molecule has 2 heterocycles. The first kappa shape index (κ1) is 22.1. The van der Waals surface area contributed by atoms with Crippen LogP contribution < -0.4 is 0 Å². The van der Waals surface area contributed by atoms with Gasteiger partial charge in [-0.1, -0.05) is 55.8 Å². The van der Waals surface area contributed by atoms with E-state index in [2.05, 4.69) is 19.1 Å².